The highest BCUT2D eigenvalue weighted by Gasteiger charge is 2.24. The fourth-order valence-corrected chi connectivity index (χ4v) is 4.21. The Balaban J connectivity index is 1.81. The number of carbonyl (C=O) groups is 1. The van der Waals surface area contributed by atoms with Gasteiger partial charge in [-0.25, -0.2) is 4.98 Å². The van der Waals surface area contributed by atoms with Gasteiger partial charge in [0, 0.05) is 23.9 Å². The summed E-state index contributed by atoms with van der Waals surface area (Å²) < 4.78 is 5.55. The summed E-state index contributed by atoms with van der Waals surface area (Å²) in [7, 11) is 0. The van der Waals surface area contributed by atoms with Gasteiger partial charge in [-0.2, -0.15) is 0 Å². The van der Waals surface area contributed by atoms with E-state index in [1.54, 1.807) is 0 Å². The number of hydrogen-bond donors (Lipinski definition) is 1. The standard InChI is InChI=1S/C18H19N3O2S/c1-2-23-12-5-6-14-11(9-12)10-13-15(19)16(24-17(13)20-14)18(22)21-7-3-4-8-21/h5-6,9-10H,2-4,7-8,19H2,1H3. The van der Waals surface area contributed by atoms with E-state index in [2.05, 4.69) is 4.98 Å². The topological polar surface area (TPSA) is 68.5 Å². The number of nitrogen functional groups attached to an aromatic ring is 1. The van der Waals surface area contributed by atoms with Crippen molar-refractivity contribution < 1.29 is 9.53 Å². The summed E-state index contributed by atoms with van der Waals surface area (Å²) in [5.74, 6) is 0.848. The molecule has 1 aromatic carbocycles. The third kappa shape index (κ3) is 2.47. The van der Waals surface area contributed by atoms with Crippen LogP contribution in [-0.4, -0.2) is 35.5 Å². The SMILES string of the molecule is CCOc1ccc2nc3sc(C(=O)N4CCCC4)c(N)c3cc2c1. The van der Waals surface area contributed by atoms with Crippen LogP contribution in [0, 0.1) is 0 Å². The van der Waals surface area contributed by atoms with Crippen LogP contribution in [0.15, 0.2) is 24.3 Å². The number of nitrogens with two attached hydrogens (primary N) is 1. The van der Waals surface area contributed by atoms with Crippen molar-refractivity contribution in [2.45, 2.75) is 19.8 Å². The Hall–Kier alpha value is -2.34. The molecule has 1 aliphatic heterocycles. The zero-order valence-electron chi connectivity index (χ0n) is 13.5. The normalized spacial score (nSPS) is 14.6. The molecule has 3 heterocycles. The number of anilines is 1. The molecule has 4 rings (SSSR count). The van der Waals surface area contributed by atoms with E-state index in [9.17, 15) is 4.79 Å². The summed E-state index contributed by atoms with van der Waals surface area (Å²) in [6.45, 7) is 4.22. The predicted octanol–water partition coefficient (Wildman–Crippen LogP) is 3.67. The van der Waals surface area contributed by atoms with E-state index in [1.807, 2.05) is 36.1 Å². The summed E-state index contributed by atoms with van der Waals surface area (Å²) >= 11 is 1.39. The molecule has 0 radical (unpaired) electrons. The second-order valence-electron chi connectivity index (χ2n) is 5.97. The molecule has 3 aromatic rings. The number of hydrogen-bond acceptors (Lipinski definition) is 5. The number of rotatable bonds is 3. The highest BCUT2D eigenvalue weighted by molar-refractivity contribution is 7.21. The third-order valence-electron chi connectivity index (χ3n) is 4.38. The van der Waals surface area contributed by atoms with E-state index < -0.39 is 0 Å². The molecular formula is C18H19N3O2S. The van der Waals surface area contributed by atoms with E-state index in [4.69, 9.17) is 10.5 Å². The molecule has 2 aromatic heterocycles. The monoisotopic (exact) mass is 341 g/mol. The van der Waals surface area contributed by atoms with Gasteiger partial charge >= 0.3 is 0 Å². The smallest absolute Gasteiger partial charge is 0.266 e. The first-order valence-corrected chi connectivity index (χ1v) is 9.04. The summed E-state index contributed by atoms with van der Waals surface area (Å²) in [5, 5.41) is 1.82. The van der Waals surface area contributed by atoms with Crippen molar-refractivity contribution in [3.8, 4) is 5.75 Å². The van der Waals surface area contributed by atoms with Crippen molar-refractivity contribution >= 4 is 44.1 Å². The molecule has 1 aliphatic rings. The summed E-state index contributed by atoms with van der Waals surface area (Å²) in [6.07, 6.45) is 2.14. The molecule has 124 valence electrons. The van der Waals surface area contributed by atoms with Gasteiger partial charge < -0.3 is 15.4 Å². The highest BCUT2D eigenvalue weighted by Crippen LogP contribution is 2.36. The average Bonchev–Trinajstić information content (AvgIpc) is 3.22. The minimum atomic E-state index is 0.0343. The van der Waals surface area contributed by atoms with Gasteiger partial charge in [-0.1, -0.05) is 0 Å². The molecule has 1 amide bonds. The Kier molecular flexibility index (Phi) is 3.76. The molecule has 2 N–H and O–H groups in total. The fourth-order valence-electron chi connectivity index (χ4n) is 3.16. The van der Waals surface area contributed by atoms with Gasteiger partial charge in [0.25, 0.3) is 5.91 Å². The number of benzene rings is 1. The molecule has 5 nitrogen and oxygen atoms in total. The van der Waals surface area contributed by atoms with Crippen LogP contribution >= 0.6 is 11.3 Å². The predicted molar refractivity (Wildman–Crippen MR) is 97.8 cm³/mol. The van der Waals surface area contributed by atoms with Crippen LogP contribution in [0.2, 0.25) is 0 Å². The lowest BCUT2D eigenvalue weighted by Gasteiger charge is -2.13. The van der Waals surface area contributed by atoms with Gasteiger partial charge in [0.1, 0.15) is 15.5 Å². The molecule has 0 unspecified atom stereocenters. The summed E-state index contributed by atoms with van der Waals surface area (Å²) in [5.41, 5.74) is 7.71. The van der Waals surface area contributed by atoms with E-state index in [-0.39, 0.29) is 5.91 Å². The number of aromatic nitrogens is 1. The Morgan fingerprint density at radius 3 is 2.88 bits per heavy atom. The van der Waals surface area contributed by atoms with E-state index in [1.165, 1.54) is 11.3 Å². The second-order valence-corrected chi connectivity index (χ2v) is 6.97. The van der Waals surface area contributed by atoms with Crippen molar-refractivity contribution in [1.82, 2.24) is 9.88 Å². The number of fused-ring (bicyclic) bond motifs is 2. The number of amides is 1. The molecule has 1 fully saturated rings. The lowest BCUT2D eigenvalue weighted by atomic mass is 10.1. The van der Waals surface area contributed by atoms with E-state index >= 15 is 0 Å². The van der Waals surface area contributed by atoms with Crippen molar-refractivity contribution in [3.05, 3.63) is 29.1 Å². The van der Waals surface area contributed by atoms with Gasteiger partial charge in [-0.3, -0.25) is 4.79 Å². The zero-order chi connectivity index (χ0) is 16.7. The molecule has 0 aliphatic carbocycles. The van der Waals surface area contributed by atoms with Crippen LogP contribution in [0.1, 0.15) is 29.4 Å². The van der Waals surface area contributed by atoms with E-state index in [0.29, 0.717) is 17.2 Å². The zero-order valence-corrected chi connectivity index (χ0v) is 14.4. The number of ether oxygens (including phenoxy) is 1. The number of carbonyl (C=O) groups excluding carboxylic acids is 1. The molecular weight excluding hydrogens is 322 g/mol. The quantitative estimate of drug-likeness (QED) is 0.789. The first-order valence-electron chi connectivity index (χ1n) is 8.22. The first kappa shape index (κ1) is 15.2. The van der Waals surface area contributed by atoms with Crippen LogP contribution in [0.4, 0.5) is 5.69 Å². The van der Waals surface area contributed by atoms with Gasteiger partial charge in [-0.05, 0) is 44.0 Å². The fraction of sp³-hybridized carbons (Fsp3) is 0.333. The van der Waals surface area contributed by atoms with Crippen LogP contribution in [0.5, 0.6) is 5.75 Å². The lowest BCUT2D eigenvalue weighted by Crippen LogP contribution is -2.27. The molecule has 0 atom stereocenters. The van der Waals surface area contributed by atoms with Gasteiger partial charge in [0.05, 0.1) is 17.8 Å². The summed E-state index contributed by atoms with van der Waals surface area (Å²) in [6, 6.07) is 7.83. The van der Waals surface area contributed by atoms with E-state index in [0.717, 1.165) is 52.8 Å². The Bertz CT molecular complexity index is 929. The molecule has 0 saturated carbocycles. The largest absolute Gasteiger partial charge is 0.494 e. The second kappa shape index (κ2) is 5.94. The van der Waals surface area contributed by atoms with Crippen LogP contribution in [0.3, 0.4) is 0 Å². The third-order valence-corrected chi connectivity index (χ3v) is 5.49. The number of nitrogens with zero attached hydrogens (tertiary/aromatic N) is 2. The maximum Gasteiger partial charge on any atom is 0.266 e. The molecule has 0 bridgehead atoms. The Labute approximate surface area is 144 Å². The maximum atomic E-state index is 12.7. The Morgan fingerprint density at radius 2 is 2.12 bits per heavy atom. The van der Waals surface area contributed by atoms with Crippen molar-refractivity contribution in [2.75, 3.05) is 25.4 Å². The molecule has 1 saturated heterocycles. The average molecular weight is 341 g/mol. The van der Waals surface area contributed by atoms with Crippen molar-refractivity contribution in [1.29, 1.82) is 0 Å². The molecule has 6 heteroatoms. The first-order chi connectivity index (χ1) is 11.7. The van der Waals surface area contributed by atoms with Gasteiger partial charge in [-0.15, -0.1) is 11.3 Å². The van der Waals surface area contributed by atoms with Crippen LogP contribution in [0.25, 0.3) is 21.1 Å². The number of likely N-dealkylation sites (tertiary alicyclic amines) is 1. The molecule has 24 heavy (non-hydrogen) atoms. The van der Waals surface area contributed by atoms with Crippen molar-refractivity contribution in [3.63, 3.8) is 0 Å². The minimum absolute atomic E-state index is 0.0343. The van der Waals surface area contributed by atoms with Crippen LogP contribution in [-0.2, 0) is 0 Å². The summed E-state index contributed by atoms with van der Waals surface area (Å²) in [4.78, 5) is 20.7. The Morgan fingerprint density at radius 1 is 1.33 bits per heavy atom. The lowest BCUT2D eigenvalue weighted by molar-refractivity contribution is 0.0798. The maximum absolute atomic E-state index is 12.7. The van der Waals surface area contributed by atoms with Gasteiger partial charge in [0.2, 0.25) is 0 Å². The highest BCUT2D eigenvalue weighted by atomic mass is 32.1. The van der Waals surface area contributed by atoms with Crippen molar-refractivity contribution in [2.24, 2.45) is 0 Å². The minimum Gasteiger partial charge on any atom is -0.494 e. The van der Waals surface area contributed by atoms with Gasteiger partial charge in [0.15, 0.2) is 0 Å². The molecule has 0 spiro atoms. The van der Waals surface area contributed by atoms with Crippen LogP contribution < -0.4 is 10.5 Å². The number of thiophene rings is 1. The number of pyridine rings is 1.